The molecule has 0 fully saturated rings. The number of benzene rings is 3. The first kappa shape index (κ1) is 28.6. The second-order valence-corrected chi connectivity index (χ2v) is 12.2. The summed E-state index contributed by atoms with van der Waals surface area (Å²) in [7, 11) is -8.69. The van der Waals surface area contributed by atoms with Crippen LogP contribution in [-0.4, -0.2) is 45.6 Å². The van der Waals surface area contributed by atoms with Crippen molar-refractivity contribution in [3.05, 3.63) is 76.8 Å². The third kappa shape index (κ3) is 5.68. The number of rotatable bonds is 8. The molecule has 0 bridgehead atoms. The normalized spacial score (nSPS) is 16.1. The Balaban J connectivity index is 1.66. The minimum Gasteiger partial charge on any atom is -0.282 e. The molecule has 0 saturated heterocycles. The van der Waals surface area contributed by atoms with Crippen LogP contribution >= 0.6 is 23.2 Å². The summed E-state index contributed by atoms with van der Waals surface area (Å²) < 4.78 is 60.6. The molecular formula is C24H21Cl2N5O6S2. The fourth-order valence-electron chi connectivity index (χ4n) is 3.82. The van der Waals surface area contributed by atoms with Crippen LogP contribution in [0.1, 0.15) is 13.8 Å². The van der Waals surface area contributed by atoms with E-state index in [-0.39, 0.29) is 38.6 Å². The highest BCUT2D eigenvalue weighted by Crippen LogP contribution is 2.37. The van der Waals surface area contributed by atoms with E-state index in [1.807, 2.05) is 0 Å². The number of hydrogen-bond donors (Lipinski definition) is 1. The summed E-state index contributed by atoms with van der Waals surface area (Å²) in [6.07, 6.45) is 0. The van der Waals surface area contributed by atoms with E-state index in [0.717, 1.165) is 17.1 Å². The Morgan fingerprint density at radius 3 is 2.26 bits per heavy atom. The summed E-state index contributed by atoms with van der Waals surface area (Å²) in [6, 6.07) is 15.4. The monoisotopic (exact) mass is 609 g/mol. The highest BCUT2D eigenvalue weighted by atomic mass is 35.5. The number of anilines is 2. The molecule has 1 atom stereocenters. The largest absolute Gasteiger partial charge is 0.296 e. The number of azo groups is 1. The third-order valence-corrected chi connectivity index (χ3v) is 9.22. The first-order chi connectivity index (χ1) is 18.4. The van der Waals surface area contributed by atoms with Crippen LogP contribution in [0.4, 0.5) is 17.1 Å². The molecule has 204 valence electrons. The van der Waals surface area contributed by atoms with Crippen LogP contribution in [0.3, 0.4) is 0 Å². The number of hydrazone groups is 1. The fourth-order valence-corrected chi connectivity index (χ4v) is 6.75. The zero-order chi connectivity index (χ0) is 28.5. The van der Waals surface area contributed by atoms with Gasteiger partial charge in [0.15, 0.2) is 6.04 Å². The van der Waals surface area contributed by atoms with Crippen LogP contribution in [0, 0.1) is 0 Å². The van der Waals surface area contributed by atoms with Gasteiger partial charge >= 0.3 is 0 Å². The number of carbonyl (C=O) groups is 1. The quantitative estimate of drug-likeness (QED) is 0.269. The molecule has 1 unspecified atom stereocenters. The summed E-state index contributed by atoms with van der Waals surface area (Å²) in [5.74, 6) is -0.686. The molecule has 0 aromatic heterocycles. The van der Waals surface area contributed by atoms with Crippen LogP contribution in [0.5, 0.6) is 0 Å². The van der Waals surface area contributed by atoms with Gasteiger partial charge in [0.25, 0.3) is 26.0 Å². The average molecular weight is 611 g/mol. The molecular weight excluding hydrogens is 589 g/mol. The van der Waals surface area contributed by atoms with Gasteiger partial charge in [-0.1, -0.05) is 53.5 Å². The molecule has 0 spiro atoms. The molecule has 0 radical (unpaired) electrons. The van der Waals surface area contributed by atoms with Gasteiger partial charge in [-0.3, -0.25) is 13.7 Å². The molecule has 1 amide bonds. The Hall–Kier alpha value is -3.36. The lowest BCUT2D eigenvalue weighted by molar-refractivity contribution is -0.117. The molecule has 1 heterocycles. The maximum Gasteiger partial charge on any atom is 0.296 e. The molecule has 1 aliphatic rings. The second kappa shape index (κ2) is 11.0. The smallest absolute Gasteiger partial charge is 0.282 e. The first-order valence-corrected chi connectivity index (χ1v) is 14.9. The number of nitrogens with zero attached hydrogens (tertiary/aromatic N) is 5. The Morgan fingerprint density at radius 2 is 1.62 bits per heavy atom. The summed E-state index contributed by atoms with van der Waals surface area (Å²) >= 11 is 12.1. The van der Waals surface area contributed by atoms with Gasteiger partial charge in [0.2, 0.25) is 0 Å². The SMILES string of the molecule is CCN(c1ccccc1)S(=O)(=O)c1ccccc1N=NC1C(=O)N(c2cc(Cl)c(S(=O)(=O)O)cc2Cl)N=C1C. The molecule has 0 saturated carbocycles. The van der Waals surface area contributed by atoms with Crippen molar-refractivity contribution in [3.63, 3.8) is 0 Å². The Morgan fingerprint density at radius 1 is 0.974 bits per heavy atom. The lowest BCUT2D eigenvalue weighted by atomic mass is 10.2. The molecule has 1 aliphatic heterocycles. The fraction of sp³-hybridized carbons (Fsp3) is 0.167. The Kier molecular flexibility index (Phi) is 8.09. The van der Waals surface area contributed by atoms with Crippen molar-refractivity contribution in [3.8, 4) is 0 Å². The topological polar surface area (TPSA) is 149 Å². The van der Waals surface area contributed by atoms with Crippen molar-refractivity contribution in [1.29, 1.82) is 0 Å². The highest BCUT2D eigenvalue weighted by Gasteiger charge is 2.37. The third-order valence-electron chi connectivity index (χ3n) is 5.65. The van der Waals surface area contributed by atoms with E-state index in [4.69, 9.17) is 23.2 Å². The van der Waals surface area contributed by atoms with Crippen molar-refractivity contribution in [2.45, 2.75) is 29.7 Å². The van der Waals surface area contributed by atoms with Gasteiger partial charge in [-0.25, -0.2) is 8.42 Å². The Bertz CT molecular complexity index is 1710. The predicted molar refractivity (Wildman–Crippen MR) is 148 cm³/mol. The second-order valence-electron chi connectivity index (χ2n) is 8.19. The van der Waals surface area contributed by atoms with Crippen molar-refractivity contribution < 1.29 is 26.2 Å². The van der Waals surface area contributed by atoms with Gasteiger partial charge in [0.1, 0.15) is 15.5 Å². The molecule has 0 aliphatic carbocycles. The van der Waals surface area contributed by atoms with Crippen molar-refractivity contribution >= 4 is 72.0 Å². The Labute approximate surface area is 235 Å². The number of carbonyl (C=O) groups excluding carboxylic acids is 1. The van der Waals surface area contributed by atoms with E-state index in [2.05, 4.69) is 15.3 Å². The van der Waals surface area contributed by atoms with E-state index in [9.17, 15) is 26.2 Å². The van der Waals surface area contributed by atoms with E-state index in [0.29, 0.717) is 5.69 Å². The van der Waals surface area contributed by atoms with Crippen LogP contribution in [0.25, 0.3) is 0 Å². The van der Waals surface area contributed by atoms with Crippen molar-refractivity contribution in [2.24, 2.45) is 15.3 Å². The van der Waals surface area contributed by atoms with E-state index in [1.165, 1.54) is 23.4 Å². The molecule has 3 aromatic carbocycles. The predicted octanol–water partition coefficient (Wildman–Crippen LogP) is 5.33. The number of halogens is 2. The number of hydrogen-bond acceptors (Lipinski definition) is 8. The zero-order valence-electron chi connectivity index (χ0n) is 20.4. The van der Waals surface area contributed by atoms with Crippen molar-refractivity contribution in [2.75, 3.05) is 15.9 Å². The van der Waals surface area contributed by atoms with E-state index < -0.39 is 37.0 Å². The van der Waals surface area contributed by atoms with Gasteiger partial charge in [-0.15, -0.1) is 0 Å². The minimum absolute atomic E-state index is 0.0181. The summed E-state index contributed by atoms with van der Waals surface area (Å²) in [4.78, 5) is 12.4. The molecule has 3 aromatic rings. The average Bonchev–Trinajstić information content (AvgIpc) is 3.17. The number of para-hydroxylation sites is 1. The van der Waals surface area contributed by atoms with Crippen LogP contribution in [-0.2, 0) is 24.9 Å². The molecule has 15 heteroatoms. The lowest BCUT2D eigenvalue weighted by Crippen LogP contribution is -2.31. The van der Waals surface area contributed by atoms with Gasteiger partial charge in [0, 0.05) is 6.54 Å². The van der Waals surface area contributed by atoms with Crippen molar-refractivity contribution in [1.82, 2.24) is 0 Å². The molecule has 11 nitrogen and oxygen atoms in total. The van der Waals surface area contributed by atoms with E-state index in [1.54, 1.807) is 49.4 Å². The van der Waals surface area contributed by atoms with Gasteiger partial charge in [-0.05, 0) is 50.2 Å². The summed E-state index contributed by atoms with van der Waals surface area (Å²) in [6.45, 7) is 3.39. The highest BCUT2D eigenvalue weighted by molar-refractivity contribution is 7.93. The van der Waals surface area contributed by atoms with E-state index >= 15 is 0 Å². The summed E-state index contributed by atoms with van der Waals surface area (Å²) in [5, 5.41) is 12.6. The summed E-state index contributed by atoms with van der Waals surface area (Å²) in [5.41, 5.74) is 0.673. The van der Waals surface area contributed by atoms with Gasteiger partial charge < -0.3 is 0 Å². The van der Waals surface area contributed by atoms with Gasteiger partial charge in [0.05, 0.1) is 27.1 Å². The standard InChI is InChI=1S/C24H21Cl2N5O6S2/c1-3-30(16-9-5-4-6-10-16)38(33,34)21-12-8-7-11-19(21)27-28-23-15(2)29-31(24(23)32)20-13-18(26)22(14-17(20)25)39(35,36)37/h4-14,23H,3H2,1-2H3,(H,35,36,37). The first-order valence-electron chi connectivity index (χ1n) is 11.3. The molecule has 1 N–H and O–H groups in total. The molecule has 39 heavy (non-hydrogen) atoms. The number of sulfonamides is 1. The lowest BCUT2D eigenvalue weighted by Gasteiger charge is -2.23. The maximum atomic E-state index is 13.6. The minimum atomic E-state index is -4.65. The van der Waals surface area contributed by atoms with Gasteiger partial charge in [-0.2, -0.15) is 28.8 Å². The zero-order valence-corrected chi connectivity index (χ0v) is 23.6. The molecule has 4 rings (SSSR count). The number of amides is 1. The maximum absolute atomic E-state index is 13.6. The van der Waals surface area contributed by atoms with Crippen LogP contribution < -0.4 is 9.31 Å². The van der Waals surface area contributed by atoms with Crippen LogP contribution in [0.15, 0.2) is 91.9 Å². The van der Waals surface area contributed by atoms with Crippen LogP contribution in [0.2, 0.25) is 10.0 Å².